The maximum Gasteiger partial charge on any atom is 0.246 e. The first kappa shape index (κ1) is 21.2. The van der Waals surface area contributed by atoms with Gasteiger partial charge in [-0.05, 0) is 50.0 Å². The summed E-state index contributed by atoms with van der Waals surface area (Å²) < 4.78 is 36.0. The Morgan fingerprint density at radius 1 is 1.33 bits per heavy atom. The number of amides is 1. The SMILES string of the molecule is CCOc1ccc(/C=C/C(=O)N2CCCCC2CNS(C)(=O)=O)cc1OC. The van der Waals surface area contributed by atoms with Crippen molar-refractivity contribution in [1.82, 2.24) is 9.62 Å². The molecule has 0 bridgehead atoms. The van der Waals surface area contributed by atoms with E-state index in [9.17, 15) is 13.2 Å². The number of nitrogens with one attached hydrogen (secondary N) is 1. The van der Waals surface area contributed by atoms with Crippen molar-refractivity contribution >= 4 is 22.0 Å². The van der Waals surface area contributed by atoms with Gasteiger partial charge in [0.1, 0.15) is 0 Å². The topological polar surface area (TPSA) is 84.9 Å². The molecule has 7 nitrogen and oxygen atoms in total. The van der Waals surface area contributed by atoms with Crippen molar-refractivity contribution < 1.29 is 22.7 Å². The van der Waals surface area contributed by atoms with Crippen molar-refractivity contribution in [2.24, 2.45) is 0 Å². The van der Waals surface area contributed by atoms with E-state index in [4.69, 9.17) is 9.47 Å². The molecule has 0 aliphatic carbocycles. The second-order valence-corrected chi connectivity index (χ2v) is 8.31. The van der Waals surface area contributed by atoms with Gasteiger partial charge in [-0.25, -0.2) is 13.1 Å². The summed E-state index contributed by atoms with van der Waals surface area (Å²) in [7, 11) is -1.70. The van der Waals surface area contributed by atoms with Crippen molar-refractivity contribution in [2.75, 3.05) is 33.1 Å². The minimum absolute atomic E-state index is 0.122. The van der Waals surface area contributed by atoms with E-state index in [1.165, 1.54) is 6.08 Å². The van der Waals surface area contributed by atoms with E-state index in [0.717, 1.165) is 31.1 Å². The Morgan fingerprint density at radius 3 is 2.78 bits per heavy atom. The normalized spacial score (nSPS) is 17.9. The van der Waals surface area contributed by atoms with E-state index in [-0.39, 0.29) is 18.5 Å². The fourth-order valence-electron chi connectivity index (χ4n) is 3.08. The first-order valence-corrected chi connectivity index (χ1v) is 11.0. The van der Waals surface area contributed by atoms with Crippen LogP contribution in [0.1, 0.15) is 31.7 Å². The van der Waals surface area contributed by atoms with Gasteiger partial charge in [0.2, 0.25) is 15.9 Å². The molecule has 1 atom stereocenters. The van der Waals surface area contributed by atoms with Crippen LogP contribution in [0, 0.1) is 0 Å². The van der Waals surface area contributed by atoms with Crippen molar-refractivity contribution in [3.05, 3.63) is 29.8 Å². The number of piperidine rings is 1. The van der Waals surface area contributed by atoms with Crippen molar-refractivity contribution in [1.29, 1.82) is 0 Å². The van der Waals surface area contributed by atoms with Crippen LogP contribution in [0.25, 0.3) is 6.08 Å². The van der Waals surface area contributed by atoms with Crippen molar-refractivity contribution in [3.8, 4) is 11.5 Å². The molecule has 1 aliphatic rings. The molecule has 1 aliphatic heterocycles. The zero-order valence-electron chi connectivity index (χ0n) is 16.1. The highest BCUT2D eigenvalue weighted by atomic mass is 32.2. The molecule has 0 saturated carbocycles. The number of likely N-dealkylation sites (tertiary alicyclic amines) is 1. The Balaban J connectivity index is 2.07. The lowest BCUT2D eigenvalue weighted by Crippen LogP contribution is -2.48. The van der Waals surface area contributed by atoms with E-state index >= 15 is 0 Å². The van der Waals surface area contributed by atoms with Crippen LogP contribution >= 0.6 is 0 Å². The molecule has 27 heavy (non-hydrogen) atoms. The first-order valence-electron chi connectivity index (χ1n) is 9.08. The number of methoxy groups -OCH3 is 1. The lowest BCUT2D eigenvalue weighted by Gasteiger charge is -2.35. The molecule has 1 heterocycles. The third-order valence-corrected chi connectivity index (χ3v) is 5.09. The van der Waals surface area contributed by atoms with Gasteiger partial charge in [0, 0.05) is 25.2 Å². The Bertz CT molecular complexity index is 776. The number of nitrogens with zero attached hydrogens (tertiary/aromatic N) is 1. The van der Waals surface area contributed by atoms with E-state index in [1.54, 1.807) is 18.1 Å². The predicted octanol–water partition coefficient (Wildman–Crippen LogP) is 2.04. The molecule has 0 spiro atoms. The molecule has 1 aromatic rings. The van der Waals surface area contributed by atoms with Gasteiger partial charge in [-0.15, -0.1) is 0 Å². The third-order valence-electron chi connectivity index (χ3n) is 4.40. The second-order valence-electron chi connectivity index (χ2n) is 6.48. The van der Waals surface area contributed by atoms with E-state index in [2.05, 4.69) is 4.72 Å². The summed E-state index contributed by atoms with van der Waals surface area (Å²) in [6.07, 6.45) is 7.08. The Hall–Kier alpha value is -2.06. The zero-order chi connectivity index (χ0) is 19.9. The second kappa shape index (κ2) is 9.75. The molecule has 1 amide bonds. The van der Waals surface area contributed by atoms with Crippen LogP contribution in [-0.2, 0) is 14.8 Å². The van der Waals surface area contributed by atoms with Crippen molar-refractivity contribution in [3.63, 3.8) is 0 Å². The van der Waals surface area contributed by atoms with Crippen molar-refractivity contribution in [2.45, 2.75) is 32.2 Å². The number of hydrogen-bond acceptors (Lipinski definition) is 5. The average molecular weight is 397 g/mol. The molecule has 2 rings (SSSR count). The van der Waals surface area contributed by atoms with Gasteiger partial charge in [-0.3, -0.25) is 4.79 Å². The summed E-state index contributed by atoms with van der Waals surface area (Å²) in [5, 5.41) is 0. The number of carbonyl (C=O) groups excluding carboxylic acids is 1. The summed E-state index contributed by atoms with van der Waals surface area (Å²) in [4.78, 5) is 14.4. The minimum Gasteiger partial charge on any atom is -0.493 e. The van der Waals surface area contributed by atoms with Gasteiger partial charge in [-0.1, -0.05) is 6.07 Å². The van der Waals surface area contributed by atoms with E-state index in [0.29, 0.717) is 24.7 Å². The number of rotatable bonds is 8. The van der Waals surface area contributed by atoms with Crippen LogP contribution < -0.4 is 14.2 Å². The summed E-state index contributed by atoms with van der Waals surface area (Å²) >= 11 is 0. The maximum atomic E-state index is 12.6. The highest BCUT2D eigenvalue weighted by Gasteiger charge is 2.25. The van der Waals surface area contributed by atoms with Crippen LogP contribution in [0.4, 0.5) is 0 Å². The summed E-state index contributed by atoms with van der Waals surface area (Å²) in [5.74, 6) is 1.15. The van der Waals surface area contributed by atoms with E-state index < -0.39 is 10.0 Å². The molecule has 1 unspecified atom stereocenters. The number of benzene rings is 1. The molecule has 0 radical (unpaired) electrons. The van der Waals surface area contributed by atoms with Crippen LogP contribution in [0.2, 0.25) is 0 Å². The van der Waals surface area contributed by atoms with Gasteiger partial charge in [0.05, 0.1) is 20.0 Å². The van der Waals surface area contributed by atoms with E-state index in [1.807, 2.05) is 25.1 Å². The molecule has 1 N–H and O–H groups in total. The minimum atomic E-state index is -3.28. The highest BCUT2D eigenvalue weighted by Crippen LogP contribution is 2.28. The van der Waals surface area contributed by atoms with Gasteiger partial charge >= 0.3 is 0 Å². The fourth-order valence-corrected chi connectivity index (χ4v) is 3.57. The fraction of sp³-hybridized carbons (Fsp3) is 0.526. The zero-order valence-corrected chi connectivity index (χ0v) is 16.9. The molecule has 150 valence electrons. The predicted molar refractivity (Wildman–Crippen MR) is 105 cm³/mol. The molecular weight excluding hydrogens is 368 g/mol. The van der Waals surface area contributed by atoms with Gasteiger partial charge in [0.15, 0.2) is 11.5 Å². The van der Waals surface area contributed by atoms with Crippen LogP contribution in [0.15, 0.2) is 24.3 Å². The largest absolute Gasteiger partial charge is 0.493 e. The molecule has 1 fully saturated rings. The molecule has 1 saturated heterocycles. The highest BCUT2D eigenvalue weighted by molar-refractivity contribution is 7.88. The number of hydrogen-bond donors (Lipinski definition) is 1. The van der Waals surface area contributed by atoms with Gasteiger partial charge < -0.3 is 14.4 Å². The number of sulfonamides is 1. The average Bonchev–Trinajstić information content (AvgIpc) is 2.65. The standard InChI is InChI=1S/C19H28N2O5S/c1-4-26-17-10-8-15(13-18(17)25-2)9-11-19(22)21-12-6-5-7-16(21)14-20-27(3,23)24/h8-11,13,16,20H,4-7,12,14H2,1-3H3/b11-9+. The smallest absolute Gasteiger partial charge is 0.246 e. The first-order chi connectivity index (χ1) is 12.8. The van der Waals surface area contributed by atoms with Gasteiger partial charge in [-0.2, -0.15) is 0 Å². The number of carbonyl (C=O) groups is 1. The Morgan fingerprint density at radius 2 is 2.11 bits per heavy atom. The summed E-state index contributed by atoms with van der Waals surface area (Å²) in [6, 6.07) is 5.36. The monoisotopic (exact) mass is 396 g/mol. The molecule has 0 aromatic heterocycles. The van der Waals surface area contributed by atoms with Crippen LogP contribution in [0.3, 0.4) is 0 Å². The molecule has 8 heteroatoms. The third kappa shape index (κ3) is 6.55. The van der Waals surface area contributed by atoms with Gasteiger partial charge in [0.25, 0.3) is 0 Å². The Kier molecular flexibility index (Phi) is 7.67. The maximum absolute atomic E-state index is 12.6. The van der Waals surface area contributed by atoms with Crippen LogP contribution in [-0.4, -0.2) is 58.3 Å². The number of ether oxygens (including phenoxy) is 2. The molecular formula is C19H28N2O5S. The summed E-state index contributed by atoms with van der Waals surface area (Å²) in [6.45, 7) is 3.32. The molecule has 1 aromatic carbocycles. The van der Waals surface area contributed by atoms with Crippen LogP contribution in [0.5, 0.6) is 11.5 Å². The lowest BCUT2D eigenvalue weighted by atomic mass is 10.0. The quantitative estimate of drug-likeness (QED) is 0.680. The Labute approximate surface area is 161 Å². The lowest BCUT2D eigenvalue weighted by molar-refractivity contribution is -0.129. The summed E-state index contributed by atoms with van der Waals surface area (Å²) in [5.41, 5.74) is 0.825.